The number of primary amides is 1. The lowest BCUT2D eigenvalue weighted by molar-refractivity contribution is 0.0535. The highest BCUT2D eigenvalue weighted by Gasteiger charge is 2.26. The van der Waals surface area contributed by atoms with Crippen LogP contribution in [0.1, 0.15) is 28.8 Å². The molecule has 4 heterocycles. The average Bonchev–Trinajstić information content (AvgIpc) is 3.37. The van der Waals surface area contributed by atoms with Crippen molar-refractivity contribution in [3.63, 3.8) is 0 Å². The molecule has 2 aromatic carbocycles. The molecule has 12 nitrogen and oxygen atoms in total. The van der Waals surface area contributed by atoms with E-state index in [0.717, 1.165) is 50.1 Å². The van der Waals surface area contributed by atoms with Gasteiger partial charge in [0.05, 0.1) is 30.2 Å². The van der Waals surface area contributed by atoms with E-state index in [1.807, 2.05) is 24.3 Å². The zero-order chi connectivity index (χ0) is 28.5. The number of carbonyl (C=O) groups excluding carboxylic acids is 2. The first kappa shape index (κ1) is 26.9. The Bertz CT molecular complexity index is 1430. The van der Waals surface area contributed by atoms with Crippen molar-refractivity contribution in [2.24, 2.45) is 5.73 Å². The first-order valence-electron chi connectivity index (χ1n) is 13.9. The van der Waals surface area contributed by atoms with Crippen LogP contribution in [0, 0.1) is 0 Å². The Labute approximate surface area is 238 Å². The SMILES string of the molecule is CN(C)C1CCN(c2nc(-c3ccc(N(C(N)=O)c4ccc5c(c4)COC5=O)cc3)nc(N3CCOCC3)n2)CC1. The Morgan fingerprint density at radius 3 is 2.17 bits per heavy atom. The highest BCUT2D eigenvalue weighted by atomic mass is 16.5. The van der Waals surface area contributed by atoms with Gasteiger partial charge in [-0.1, -0.05) is 0 Å². The second kappa shape index (κ2) is 11.3. The molecule has 0 bridgehead atoms. The monoisotopic (exact) mass is 558 g/mol. The molecular formula is C29H34N8O4. The molecule has 1 aromatic heterocycles. The number of carbonyl (C=O) groups is 2. The number of ether oxygens (including phenoxy) is 2. The summed E-state index contributed by atoms with van der Waals surface area (Å²) in [6, 6.07) is 12.4. The fourth-order valence-electron chi connectivity index (χ4n) is 5.53. The van der Waals surface area contributed by atoms with Crippen LogP contribution in [0.25, 0.3) is 11.4 Å². The van der Waals surface area contributed by atoms with Crippen molar-refractivity contribution in [1.29, 1.82) is 0 Å². The van der Waals surface area contributed by atoms with Crippen LogP contribution in [-0.4, -0.2) is 91.4 Å². The van der Waals surface area contributed by atoms with Crippen LogP contribution >= 0.6 is 0 Å². The van der Waals surface area contributed by atoms with Gasteiger partial charge in [-0.25, -0.2) is 9.59 Å². The van der Waals surface area contributed by atoms with E-state index in [1.165, 1.54) is 4.90 Å². The number of nitrogens with zero attached hydrogens (tertiary/aromatic N) is 7. The van der Waals surface area contributed by atoms with Gasteiger partial charge in [0.15, 0.2) is 5.82 Å². The molecule has 0 radical (unpaired) electrons. The van der Waals surface area contributed by atoms with Crippen LogP contribution in [0.2, 0.25) is 0 Å². The van der Waals surface area contributed by atoms with Crippen LogP contribution < -0.4 is 20.4 Å². The smallest absolute Gasteiger partial charge is 0.338 e. The third-order valence-corrected chi connectivity index (χ3v) is 7.91. The predicted octanol–water partition coefficient (Wildman–Crippen LogP) is 2.79. The molecule has 3 aromatic rings. The van der Waals surface area contributed by atoms with Gasteiger partial charge in [0, 0.05) is 43.3 Å². The van der Waals surface area contributed by atoms with Crippen LogP contribution in [0.3, 0.4) is 0 Å². The van der Waals surface area contributed by atoms with E-state index in [-0.39, 0.29) is 12.6 Å². The lowest BCUT2D eigenvalue weighted by atomic mass is 10.0. The van der Waals surface area contributed by atoms with Gasteiger partial charge in [0.1, 0.15) is 6.61 Å². The van der Waals surface area contributed by atoms with Crippen molar-refractivity contribution in [3.8, 4) is 11.4 Å². The summed E-state index contributed by atoms with van der Waals surface area (Å²) in [5, 5.41) is 0. The van der Waals surface area contributed by atoms with Crippen molar-refractivity contribution in [2.45, 2.75) is 25.5 Å². The number of anilines is 4. The summed E-state index contributed by atoms with van der Waals surface area (Å²) in [4.78, 5) is 47.0. The van der Waals surface area contributed by atoms with Gasteiger partial charge < -0.3 is 29.9 Å². The molecule has 6 rings (SSSR count). The summed E-state index contributed by atoms with van der Waals surface area (Å²) in [5.41, 5.74) is 8.95. The van der Waals surface area contributed by atoms with E-state index in [0.29, 0.717) is 53.9 Å². The highest BCUT2D eigenvalue weighted by molar-refractivity contribution is 6.00. The zero-order valence-electron chi connectivity index (χ0n) is 23.3. The maximum atomic E-state index is 12.5. The van der Waals surface area contributed by atoms with E-state index in [9.17, 15) is 9.59 Å². The Kier molecular flexibility index (Phi) is 7.41. The van der Waals surface area contributed by atoms with Crippen molar-refractivity contribution < 1.29 is 19.1 Å². The summed E-state index contributed by atoms with van der Waals surface area (Å²) in [6.07, 6.45) is 2.09. The molecule has 12 heteroatoms. The fraction of sp³-hybridized carbons (Fsp3) is 0.414. The number of aromatic nitrogens is 3. The molecule has 41 heavy (non-hydrogen) atoms. The van der Waals surface area contributed by atoms with Gasteiger partial charge in [-0.3, -0.25) is 4.90 Å². The van der Waals surface area contributed by atoms with Gasteiger partial charge in [0.25, 0.3) is 0 Å². The molecule has 2 N–H and O–H groups in total. The number of rotatable bonds is 6. The van der Waals surface area contributed by atoms with Crippen molar-refractivity contribution in [1.82, 2.24) is 19.9 Å². The first-order valence-corrected chi connectivity index (χ1v) is 13.9. The summed E-state index contributed by atoms with van der Waals surface area (Å²) < 4.78 is 10.6. The number of nitrogens with two attached hydrogens (primary N) is 1. The molecule has 214 valence electrons. The standard InChI is InChI=1S/C29H34N8O4/c1-34(2)21-9-11-35(12-10-21)28-31-25(32-29(33-28)36-13-15-40-16-14-36)19-3-5-22(6-4-19)37(27(30)39)23-7-8-24-20(17-23)18-41-26(24)38/h3-8,17,21H,9-16,18H2,1-2H3,(H2,30,39). The Morgan fingerprint density at radius 2 is 1.54 bits per heavy atom. The third-order valence-electron chi connectivity index (χ3n) is 7.91. The largest absolute Gasteiger partial charge is 0.457 e. The quantitative estimate of drug-likeness (QED) is 0.451. The number of amides is 2. The second-order valence-corrected chi connectivity index (χ2v) is 10.7. The number of hydrogen-bond donors (Lipinski definition) is 1. The average molecular weight is 559 g/mol. The lowest BCUT2D eigenvalue weighted by Gasteiger charge is -2.35. The van der Waals surface area contributed by atoms with E-state index in [4.69, 9.17) is 30.2 Å². The van der Waals surface area contributed by atoms with Crippen LogP contribution in [0.5, 0.6) is 0 Å². The molecule has 2 saturated heterocycles. The van der Waals surface area contributed by atoms with Crippen LogP contribution in [0.15, 0.2) is 42.5 Å². The minimum absolute atomic E-state index is 0.174. The molecule has 0 unspecified atom stereocenters. The molecule has 2 amide bonds. The number of fused-ring (bicyclic) bond motifs is 1. The molecule has 0 saturated carbocycles. The molecule has 0 atom stereocenters. The van der Waals surface area contributed by atoms with Crippen molar-refractivity contribution in [2.75, 3.05) is 68.2 Å². The maximum Gasteiger partial charge on any atom is 0.338 e. The molecule has 3 aliphatic rings. The number of cyclic esters (lactones) is 1. The number of hydrogen-bond acceptors (Lipinski definition) is 10. The van der Waals surface area contributed by atoms with Gasteiger partial charge in [0.2, 0.25) is 11.9 Å². The minimum atomic E-state index is -0.638. The Hall–Kier alpha value is -4.29. The maximum absolute atomic E-state index is 12.5. The highest BCUT2D eigenvalue weighted by Crippen LogP contribution is 2.32. The molecule has 2 fully saturated rings. The number of piperidine rings is 1. The van der Waals surface area contributed by atoms with Gasteiger partial charge >= 0.3 is 12.0 Å². The summed E-state index contributed by atoms with van der Waals surface area (Å²) in [6.45, 7) is 4.62. The lowest BCUT2D eigenvalue weighted by Crippen LogP contribution is -2.43. The molecule has 0 spiro atoms. The fourth-order valence-corrected chi connectivity index (χ4v) is 5.53. The second-order valence-electron chi connectivity index (χ2n) is 10.7. The van der Waals surface area contributed by atoms with Crippen LogP contribution in [-0.2, 0) is 16.1 Å². The van der Waals surface area contributed by atoms with E-state index < -0.39 is 6.03 Å². The molecular weight excluding hydrogens is 524 g/mol. The van der Waals surface area contributed by atoms with Gasteiger partial charge in [-0.2, -0.15) is 15.0 Å². The Balaban J connectivity index is 1.30. The zero-order valence-corrected chi connectivity index (χ0v) is 23.3. The normalized spacial score (nSPS) is 17.5. The number of benzene rings is 2. The molecule has 0 aliphatic carbocycles. The Morgan fingerprint density at radius 1 is 0.902 bits per heavy atom. The van der Waals surface area contributed by atoms with E-state index in [1.54, 1.807) is 18.2 Å². The van der Waals surface area contributed by atoms with Crippen molar-refractivity contribution in [3.05, 3.63) is 53.6 Å². The number of esters is 1. The molecule has 3 aliphatic heterocycles. The number of morpholine rings is 1. The topological polar surface area (TPSA) is 130 Å². The number of urea groups is 1. The minimum Gasteiger partial charge on any atom is -0.457 e. The van der Waals surface area contributed by atoms with Gasteiger partial charge in [-0.15, -0.1) is 0 Å². The van der Waals surface area contributed by atoms with Crippen LogP contribution in [0.4, 0.5) is 28.1 Å². The summed E-state index contributed by atoms with van der Waals surface area (Å²) in [7, 11) is 4.25. The van der Waals surface area contributed by atoms with E-state index >= 15 is 0 Å². The van der Waals surface area contributed by atoms with Crippen molar-refractivity contribution >= 4 is 35.3 Å². The summed E-state index contributed by atoms with van der Waals surface area (Å²) >= 11 is 0. The third kappa shape index (κ3) is 5.52. The predicted molar refractivity (Wildman–Crippen MR) is 155 cm³/mol. The first-order chi connectivity index (χ1) is 19.9. The summed E-state index contributed by atoms with van der Waals surface area (Å²) in [5.74, 6) is 1.51. The van der Waals surface area contributed by atoms with Gasteiger partial charge in [-0.05, 0) is 69.4 Å². The van der Waals surface area contributed by atoms with E-state index in [2.05, 4.69) is 28.8 Å².